The van der Waals surface area contributed by atoms with E-state index in [4.69, 9.17) is 5.11 Å². The van der Waals surface area contributed by atoms with Crippen molar-refractivity contribution in [3.8, 4) is 0 Å². The molecule has 0 amide bonds. The molecule has 0 aliphatic heterocycles. The Hall–Kier alpha value is -0.330. The molecule has 0 radical (unpaired) electrons. The van der Waals surface area contributed by atoms with Gasteiger partial charge < -0.3 is 9.29 Å². The van der Waals surface area contributed by atoms with E-state index < -0.39 is 22.7 Å². The van der Waals surface area contributed by atoms with Crippen molar-refractivity contribution in [2.75, 3.05) is 12.9 Å². The van der Waals surface area contributed by atoms with Gasteiger partial charge in [0.25, 0.3) is 0 Å². The van der Waals surface area contributed by atoms with Crippen LogP contribution in [-0.2, 0) is 19.1 Å². The molecule has 0 atom stereocenters. The number of carbonyl (C=O) groups excluding carboxylic acids is 1. The molecule has 0 aromatic carbocycles. The molecule has 0 rings (SSSR count). The fraction of sp³-hybridized carbons (Fsp3) is 0.667. The molecule has 0 saturated heterocycles. The summed E-state index contributed by atoms with van der Waals surface area (Å²) >= 11 is 0. The van der Waals surface area contributed by atoms with Gasteiger partial charge in [0.05, 0.1) is 6.26 Å². The maximum Gasteiger partial charge on any atom is 0.347 e. The summed E-state index contributed by atoms with van der Waals surface area (Å²) in [5.74, 6) is -1.17. The van der Waals surface area contributed by atoms with E-state index in [-0.39, 0.29) is 12.4 Å². The lowest BCUT2D eigenvalue weighted by atomic mass is 10.8. The molecule has 0 spiro atoms. The van der Waals surface area contributed by atoms with Crippen molar-refractivity contribution in [2.45, 2.75) is 0 Å². The maximum absolute atomic E-state index is 10.0. The highest BCUT2D eigenvalue weighted by Crippen LogP contribution is 1.85. The molecule has 0 aliphatic rings. The molecule has 10 heavy (non-hydrogen) atoms. The molecule has 0 aromatic rings. The van der Waals surface area contributed by atoms with Crippen LogP contribution >= 0.6 is 12.4 Å². The average molecular weight is 191 g/mol. The van der Waals surface area contributed by atoms with Crippen molar-refractivity contribution >= 4 is 28.5 Å². The first kappa shape index (κ1) is 12.4. The highest BCUT2D eigenvalue weighted by molar-refractivity contribution is 7.86. The summed E-state index contributed by atoms with van der Waals surface area (Å²) in [5, 5.41) is 7.96. The van der Waals surface area contributed by atoms with Crippen molar-refractivity contribution in [3.05, 3.63) is 0 Å². The first-order chi connectivity index (χ1) is 3.95. The van der Waals surface area contributed by atoms with E-state index in [0.29, 0.717) is 0 Å². The van der Waals surface area contributed by atoms with E-state index in [2.05, 4.69) is 4.18 Å². The lowest BCUT2D eigenvalue weighted by molar-refractivity contribution is -0.136. The fourth-order valence-electron chi connectivity index (χ4n) is 0.195. The van der Waals surface area contributed by atoms with Gasteiger partial charge in [-0.3, -0.25) is 0 Å². The van der Waals surface area contributed by atoms with Crippen LogP contribution in [0.5, 0.6) is 0 Å². The Kier molecular flexibility index (Phi) is 5.54. The van der Waals surface area contributed by atoms with Gasteiger partial charge in [0.15, 0.2) is 0 Å². The van der Waals surface area contributed by atoms with E-state index in [1.807, 2.05) is 0 Å². The van der Waals surface area contributed by atoms with Crippen LogP contribution in [0, 0.1) is 0 Å². The minimum atomic E-state index is -3.74. The minimum Gasteiger partial charge on any atom is -0.385 e. The Morgan fingerprint density at radius 1 is 1.60 bits per heavy atom. The van der Waals surface area contributed by atoms with Crippen LogP contribution in [0.3, 0.4) is 0 Å². The first-order valence-corrected chi connectivity index (χ1v) is 3.80. The molecule has 0 heterocycles. The summed E-state index contributed by atoms with van der Waals surface area (Å²) < 4.78 is 23.8. The quantitative estimate of drug-likeness (QED) is 0.560. The van der Waals surface area contributed by atoms with Crippen molar-refractivity contribution in [3.63, 3.8) is 0 Å². The summed E-state index contributed by atoms with van der Waals surface area (Å²) in [6.45, 7) is -0.924. The summed E-state index contributed by atoms with van der Waals surface area (Å²) in [7, 11) is -3.74. The zero-order valence-electron chi connectivity index (χ0n) is 5.10. The number of rotatable bonds is 2. The highest BCUT2D eigenvalue weighted by atomic mass is 35.5. The SMILES string of the molecule is CS(=O)(=O)OC(=O)CO.Cl. The number of hydrogen-bond donors (Lipinski definition) is 1. The van der Waals surface area contributed by atoms with E-state index >= 15 is 0 Å². The molecule has 1 N–H and O–H groups in total. The molecule has 5 nitrogen and oxygen atoms in total. The monoisotopic (exact) mass is 190 g/mol. The maximum atomic E-state index is 10.0. The Labute approximate surface area is 64.5 Å². The van der Waals surface area contributed by atoms with Gasteiger partial charge >= 0.3 is 16.1 Å². The number of hydrogen-bond acceptors (Lipinski definition) is 5. The van der Waals surface area contributed by atoms with Crippen LogP contribution in [0.2, 0.25) is 0 Å². The molecule has 0 aromatic heterocycles. The molecule has 0 saturated carbocycles. The van der Waals surface area contributed by atoms with Gasteiger partial charge in [-0.1, -0.05) is 0 Å². The summed E-state index contributed by atoms with van der Waals surface area (Å²) in [6.07, 6.45) is 0.723. The van der Waals surface area contributed by atoms with Crippen LogP contribution in [0.4, 0.5) is 0 Å². The van der Waals surface area contributed by atoms with Crippen LogP contribution in [0.1, 0.15) is 0 Å². The van der Waals surface area contributed by atoms with Crippen molar-refractivity contribution in [2.24, 2.45) is 0 Å². The van der Waals surface area contributed by atoms with E-state index in [1.54, 1.807) is 0 Å². The molecule has 0 bridgehead atoms. The zero-order chi connectivity index (χ0) is 7.49. The van der Waals surface area contributed by atoms with Crippen molar-refractivity contribution in [1.82, 2.24) is 0 Å². The van der Waals surface area contributed by atoms with Gasteiger partial charge in [0, 0.05) is 0 Å². The minimum absolute atomic E-state index is 0. The summed E-state index contributed by atoms with van der Waals surface area (Å²) in [6, 6.07) is 0. The fourth-order valence-corrected chi connectivity index (χ4v) is 0.586. The largest absolute Gasteiger partial charge is 0.385 e. The van der Waals surface area contributed by atoms with Crippen LogP contribution in [0.25, 0.3) is 0 Å². The predicted molar refractivity (Wildman–Crippen MR) is 35.3 cm³/mol. The van der Waals surface area contributed by atoms with E-state index in [9.17, 15) is 13.2 Å². The lowest BCUT2D eigenvalue weighted by Crippen LogP contribution is -2.14. The number of halogens is 1. The lowest BCUT2D eigenvalue weighted by Gasteiger charge is -1.95. The standard InChI is InChI=1S/C3H6O5S.ClH/c1-9(6,7)8-3(5)2-4;/h4H,2H2,1H3;1H. The van der Waals surface area contributed by atoms with Crippen LogP contribution in [0.15, 0.2) is 0 Å². The van der Waals surface area contributed by atoms with E-state index in [1.165, 1.54) is 0 Å². The smallest absolute Gasteiger partial charge is 0.347 e. The predicted octanol–water partition coefficient (Wildman–Crippen LogP) is -1.10. The Bertz CT molecular complexity index is 195. The van der Waals surface area contributed by atoms with Crippen molar-refractivity contribution in [1.29, 1.82) is 0 Å². The number of carbonyl (C=O) groups is 1. The molecule has 0 aliphatic carbocycles. The third kappa shape index (κ3) is 7.67. The Morgan fingerprint density at radius 3 is 2.10 bits per heavy atom. The molecule has 0 fully saturated rings. The topological polar surface area (TPSA) is 80.7 Å². The molecule has 62 valence electrons. The molecule has 7 heteroatoms. The highest BCUT2D eigenvalue weighted by Gasteiger charge is 2.07. The van der Waals surface area contributed by atoms with Crippen LogP contribution in [-0.4, -0.2) is 32.4 Å². The van der Waals surface area contributed by atoms with Gasteiger partial charge in [-0.25, -0.2) is 4.79 Å². The van der Waals surface area contributed by atoms with Gasteiger partial charge in [-0.05, 0) is 0 Å². The van der Waals surface area contributed by atoms with E-state index in [0.717, 1.165) is 6.26 Å². The van der Waals surface area contributed by atoms with Gasteiger partial charge in [0.2, 0.25) is 0 Å². The third-order valence-corrected chi connectivity index (χ3v) is 0.862. The van der Waals surface area contributed by atoms with Crippen molar-refractivity contribution < 1.29 is 22.5 Å². The number of aliphatic hydroxyl groups excluding tert-OH is 1. The summed E-state index contributed by atoms with van der Waals surface area (Å²) in [4.78, 5) is 9.98. The summed E-state index contributed by atoms with van der Waals surface area (Å²) in [5.41, 5.74) is 0. The second kappa shape index (κ2) is 4.48. The van der Waals surface area contributed by atoms with Gasteiger partial charge in [-0.2, -0.15) is 8.42 Å². The van der Waals surface area contributed by atoms with Gasteiger partial charge in [0.1, 0.15) is 6.61 Å². The average Bonchev–Trinajstić information content (AvgIpc) is 1.62. The Morgan fingerprint density at radius 2 is 2.00 bits per heavy atom. The molecule has 0 unspecified atom stereocenters. The zero-order valence-corrected chi connectivity index (χ0v) is 6.74. The number of aliphatic hydroxyl groups is 1. The Balaban J connectivity index is 0. The second-order valence-electron chi connectivity index (χ2n) is 1.32. The van der Waals surface area contributed by atoms with Crippen LogP contribution < -0.4 is 0 Å². The molecular weight excluding hydrogens is 184 g/mol. The third-order valence-electron chi connectivity index (χ3n) is 0.373. The van der Waals surface area contributed by atoms with Gasteiger partial charge in [-0.15, -0.1) is 12.4 Å². The normalized spacial score (nSPS) is 9.80. The molecular formula is C3H7ClO5S. The first-order valence-electron chi connectivity index (χ1n) is 1.99. The second-order valence-corrected chi connectivity index (χ2v) is 2.89.